The lowest BCUT2D eigenvalue weighted by Gasteiger charge is -2.19. The van der Waals surface area contributed by atoms with Gasteiger partial charge in [0.25, 0.3) is 0 Å². The Kier molecular flexibility index (Phi) is 5.11. The van der Waals surface area contributed by atoms with Gasteiger partial charge in [-0.25, -0.2) is 4.98 Å². The molecule has 4 aromatic rings. The van der Waals surface area contributed by atoms with Gasteiger partial charge in [-0.2, -0.15) is 0 Å². The van der Waals surface area contributed by atoms with Crippen LogP contribution in [-0.2, 0) is 0 Å². The van der Waals surface area contributed by atoms with E-state index in [0.29, 0.717) is 6.54 Å². The third kappa shape index (κ3) is 3.75. The molecule has 4 rings (SSSR count). The van der Waals surface area contributed by atoms with E-state index in [2.05, 4.69) is 21.4 Å². The molecule has 0 spiro atoms. The standard InChI is InChI=1S/C22H20N4O3/c1-29-16-10-8-15(9-11-16)18(19-14-24-20-6-3-2-5-17(19)20)13-25-22-21(26(27)28)7-4-12-23-22/h2-12,14,18,24H,13H2,1H3,(H,23,25)/t18-/m0/s1. The molecule has 0 aliphatic carbocycles. The minimum Gasteiger partial charge on any atom is -0.497 e. The molecule has 0 aliphatic heterocycles. The van der Waals surface area contributed by atoms with Crippen molar-refractivity contribution < 1.29 is 9.66 Å². The number of H-pyrrole nitrogens is 1. The van der Waals surface area contributed by atoms with Gasteiger partial charge in [0.1, 0.15) is 5.75 Å². The molecular weight excluding hydrogens is 368 g/mol. The summed E-state index contributed by atoms with van der Waals surface area (Å²) in [4.78, 5) is 18.4. The van der Waals surface area contributed by atoms with Gasteiger partial charge in [-0.3, -0.25) is 10.1 Å². The summed E-state index contributed by atoms with van der Waals surface area (Å²) in [5.74, 6) is 0.995. The van der Waals surface area contributed by atoms with Crippen molar-refractivity contribution in [1.82, 2.24) is 9.97 Å². The maximum absolute atomic E-state index is 11.3. The van der Waals surface area contributed by atoms with Gasteiger partial charge < -0.3 is 15.0 Å². The van der Waals surface area contributed by atoms with Crippen molar-refractivity contribution in [2.45, 2.75) is 5.92 Å². The van der Waals surface area contributed by atoms with Gasteiger partial charge in [0.05, 0.1) is 12.0 Å². The smallest absolute Gasteiger partial charge is 0.311 e. The highest BCUT2D eigenvalue weighted by Gasteiger charge is 2.21. The number of aromatic nitrogens is 2. The zero-order chi connectivity index (χ0) is 20.2. The quantitative estimate of drug-likeness (QED) is 0.353. The lowest BCUT2D eigenvalue weighted by atomic mass is 9.90. The SMILES string of the molecule is COc1ccc([C@H](CNc2ncccc2[N+](=O)[O-])c2c[nH]c3ccccc23)cc1. The second-order valence-corrected chi connectivity index (χ2v) is 6.62. The van der Waals surface area contributed by atoms with Crippen LogP contribution in [0.25, 0.3) is 10.9 Å². The van der Waals surface area contributed by atoms with Crippen molar-refractivity contribution in [3.8, 4) is 5.75 Å². The Hall–Kier alpha value is -3.87. The number of fused-ring (bicyclic) bond motifs is 1. The summed E-state index contributed by atoms with van der Waals surface area (Å²) < 4.78 is 5.27. The van der Waals surface area contributed by atoms with Gasteiger partial charge in [-0.15, -0.1) is 0 Å². The fraction of sp³-hybridized carbons (Fsp3) is 0.136. The highest BCUT2D eigenvalue weighted by molar-refractivity contribution is 5.84. The molecule has 0 unspecified atom stereocenters. The Morgan fingerprint density at radius 1 is 1.14 bits per heavy atom. The Bertz CT molecular complexity index is 1140. The number of anilines is 1. The maximum atomic E-state index is 11.3. The van der Waals surface area contributed by atoms with Crippen LogP contribution in [0.1, 0.15) is 17.0 Å². The van der Waals surface area contributed by atoms with Gasteiger partial charge in [-0.05, 0) is 35.4 Å². The number of aromatic amines is 1. The van der Waals surface area contributed by atoms with E-state index in [1.165, 1.54) is 6.07 Å². The van der Waals surface area contributed by atoms with Crippen LogP contribution in [0.15, 0.2) is 73.1 Å². The lowest BCUT2D eigenvalue weighted by molar-refractivity contribution is -0.384. The average Bonchev–Trinajstić information content (AvgIpc) is 3.18. The number of hydrogen-bond donors (Lipinski definition) is 2. The van der Waals surface area contributed by atoms with Crippen LogP contribution < -0.4 is 10.1 Å². The number of pyridine rings is 1. The minimum atomic E-state index is -0.427. The highest BCUT2D eigenvalue weighted by Crippen LogP contribution is 2.32. The van der Waals surface area contributed by atoms with E-state index in [9.17, 15) is 10.1 Å². The first-order valence-corrected chi connectivity index (χ1v) is 9.20. The molecule has 0 bridgehead atoms. The second kappa shape index (κ2) is 8.02. The van der Waals surface area contributed by atoms with Crippen molar-refractivity contribution in [3.63, 3.8) is 0 Å². The molecule has 0 amide bonds. The number of methoxy groups -OCH3 is 1. The molecule has 2 N–H and O–H groups in total. The van der Waals surface area contributed by atoms with E-state index in [1.807, 2.05) is 48.7 Å². The van der Waals surface area contributed by atoms with E-state index in [-0.39, 0.29) is 17.4 Å². The first-order chi connectivity index (χ1) is 14.2. The van der Waals surface area contributed by atoms with E-state index in [0.717, 1.165) is 27.8 Å². The lowest BCUT2D eigenvalue weighted by Crippen LogP contribution is -2.15. The Labute approximate surface area is 167 Å². The summed E-state index contributed by atoms with van der Waals surface area (Å²) in [5, 5.41) is 15.6. The number of rotatable bonds is 7. The van der Waals surface area contributed by atoms with Crippen molar-refractivity contribution in [1.29, 1.82) is 0 Å². The highest BCUT2D eigenvalue weighted by atomic mass is 16.6. The van der Waals surface area contributed by atoms with Crippen LogP contribution >= 0.6 is 0 Å². The van der Waals surface area contributed by atoms with Crippen molar-refractivity contribution in [2.75, 3.05) is 19.0 Å². The summed E-state index contributed by atoms with van der Waals surface area (Å²) >= 11 is 0. The molecule has 0 aliphatic rings. The number of ether oxygens (including phenoxy) is 1. The average molecular weight is 388 g/mol. The Morgan fingerprint density at radius 3 is 2.69 bits per heavy atom. The van der Waals surface area contributed by atoms with E-state index in [4.69, 9.17) is 4.74 Å². The predicted molar refractivity (Wildman–Crippen MR) is 113 cm³/mol. The van der Waals surface area contributed by atoms with E-state index >= 15 is 0 Å². The molecule has 1 atom stereocenters. The number of hydrogen-bond acceptors (Lipinski definition) is 5. The molecule has 0 fully saturated rings. The van der Waals surface area contributed by atoms with Crippen LogP contribution in [-0.4, -0.2) is 28.5 Å². The summed E-state index contributed by atoms with van der Waals surface area (Å²) in [6, 6.07) is 19.0. The zero-order valence-corrected chi connectivity index (χ0v) is 15.8. The number of benzene rings is 2. The zero-order valence-electron chi connectivity index (χ0n) is 15.8. The molecule has 146 valence electrons. The predicted octanol–water partition coefficient (Wildman–Crippen LogP) is 4.72. The number of para-hydroxylation sites is 1. The Balaban J connectivity index is 1.71. The molecule has 7 heteroatoms. The second-order valence-electron chi connectivity index (χ2n) is 6.62. The summed E-state index contributed by atoms with van der Waals surface area (Å²) in [6.45, 7) is 0.450. The molecule has 0 saturated carbocycles. The molecule has 0 radical (unpaired) electrons. The van der Waals surface area contributed by atoms with Gasteiger partial charge in [0, 0.05) is 41.8 Å². The largest absolute Gasteiger partial charge is 0.497 e. The fourth-order valence-corrected chi connectivity index (χ4v) is 3.50. The molecule has 7 nitrogen and oxygen atoms in total. The van der Waals surface area contributed by atoms with Crippen molar-refractivity contribution in [3.05, 3.63) is 94.3 Å². The third-order valence-electron chi connectivity index (χ3n) is 4.97. The van der Waals surface area contributed by atoms with Crippen LogP contribution in [0, 0.1) is 10.1 Å². The van der Waals surface area contributed by atoms with Crippen molar-refractivity contribution >= 4 is 22.4 Å². The molecular formula is C22H20N4O3. The van der Waals surface area contributed by atoms with Gasteiger partial charge in [-0.1, -0.05) is 30.3 Å². The topological polar surface area (TPSA) is 93.1 Å². The van der Waals surface area contributed by atoms with E-state index < -0.39 is 4.92 Å². The normalized spacial score (nSPS) is 11.9. The van der Waals surface area contributed by atoms with Crippen LogP contribution in [0.2, 0.25) is 0 Å². The molecule has 2 heterocycles. The van der Waals surface area contributed by atoms with Gasteiger partial charge in [0.15, 0.2) is 0 Å². The van der Waals surface area contributed by atoms with E-state index in [1.54, 1.807) is 19.4 Å². The number of nitro groups is 1. The molecule has 2 aromatic heterocycles. The Morgan fingerprint density at radius 2 is 1.93 bits per heavy atom. The minimum absolute atomic E-state index is 0.0418. The first-order valence-electron chi connectivity index (χ1n) is 9.20. The summed E-state index contributed by atoms with van der Waals surface area (Å²) in [7, 11) is 1.63. The molecule has 0 saturated heterocycles. The summed E-state index contributed by atoms with van der Waals surface area (Å²) in [6.07, 6.45) is 3.54. The number of nitrogens with zero attached hydrogens (tertiary/aromatic N) is 2. The third-order valence-corrected chi connectivity index (χ3v) is 4.97. The van der Waals surface area contributed by atoms with Crippen LogP contribution in [0.3, 0.4) is 0 Å². The monoisotopic (exact) mass is 388 g/mol. The van der Waals surface area contributed by atoms with Crippen LogP contribution in [0.4, 0.5) is 11.5 Å². The van der Waals surface area contributed by atoms with Crippen LogP contribution in [0.5, 0.6) is 5.75 Å². The van der Waals surface area contributed by atoms with Gasteiger partial charge >= 0.3 is 5.69 Å². The fourth-order valence-electron chi connectivity index (χ4n) is 3.50. The number of nitrogens with one attached hydrogen (secondary N) is 2. The maximum Gasteiger partial charge on any atom is 0.311 e. The molecule has 29 heavy (non-hydrogen) atoms. The van der Waals surface area contributed by atoms with Gasteiger partial charge in [0.2, 0.25) is 5.82 Å². The van der Waals surface area contributed by atoms with Crippen molar-refractivity contribution in [2.24, 2.45) is 0 Å². The summed E-state index contributed by atoms with van der Waals surface area (Å²) in [5.41, 5.74) is 3.18. The first kappa shape index (κ1) is 18.5. The molecule has 2 aromatic carbocycles.